The van der Waals surface area contributed by atoms with Gasteiger partial charge in [-0.3, -0.25) is 14.4 Å². The van der Waals surface area contributed by atoms with Crippen molar-refractivity contribution in [1.82, 2.24) is 15.4 Å². The second-order valence-electron chi connectivity index (χ2n) is 10.4. The molecule has 210 valence electrons. The third-order valence-electron chi connectivity index (χ3n) is 6.36. The van der Waals surface area contributed by atoms with Crippen LogP contribution in [0.3, 0.4) is 0 Å². The van der Waals surface area contributed by atoms with Gasteiger partial charge in [-0.15, -0.1) is 0 Å². The molecule has 3 amide bonds. The number of carbonyl (C=O) groups is 3. The summed E-state index contributed by atoms with van der Waals surface area (Å²) >= 11 is 0. The molecule has 0 saturated heterocycles. The van der Waals surface area contributed by atoms with E-state index in [1.807, 2.05) is 20.8 Å². The van der Waals surface area contributed by atoms with E-state index in [1.165, 1.54) is 14.2 Å². The molecular weight excluding hydrogens is 488 g/mol. The topological polar surface area (TPSA) is 123 Å². The van der Waals surface area contributed by atoms with E-state index in [2.05, 4.69) is 29.6 Å². The van der Waals surface area contributed by atoms with Crippen LogP contribution in [0.15, 0.2) is 28.8 Å². The smallest absolute Gasteiger partial charge is 0.248 e. The van der Waals surface area contributed by atoms with Gasteiger partial charge in [-0.2, -0.15) is 0 Å². The lowest BCUT2D eigenvalue weighted by molar-refractivity contribution is -0.142. The number of benzene rings is 1. The monoisotopic (exact) mass is 530 g/mol. The highest BCUT2D eigenvalue weighted by molar-refractivity contribution is 5.94. The van der Waals surface area contributed by atoms with Crippen LogP contribution in [-0.2, 0) is 14.4 Å². The zero-order valence-electron chi connectivity index (χ0n) is 23.8. The average molecular weight is 531 g/mol. The van der Waals surface area contributed by atoms with Crippen LogP contribution in [0.4, 0.5) is 5.82 Å². The molecule has 0 spiro atoms. The van der Waals surface area contributed by atoms with Gasteiger partial charge in [-0.1, -0.05) is 38.1 Å². The number of para-hydroxylation sites is 1. The average Bonchev–Trinajstić information content (AvgIpc) is 3.28. The van der Waals surface area contributed by atoms with Crippen LogP contribution in [-0.4, -0.2) is 54.1 Å². The number of ether oxygens (including phenoxy) is 2. The van der Waals surface area contributed by atoms with Crippen molar-refractivity contribution in [3.05, 3.63) is 35.6 Å². The Morgan fingerprint density at radius 3 is 2.39 bits per heavy atom. The zero-order valence-corrected chi connectivity index (χ0v) is 23.8. The van der Waals surface area contributed by atoms with Gasteiger partial charge in [0.25, 0.3) is 0 Å². The SMILES string of the molecule is CCC(C)(C)NC(=O)[C@H](c1cccc(OC)c1OC)N(CCC(C)C)C(=O)CCC(=O)Nc1cc(C)on1. The molecular formula is C28H42N4O6. The summed E-state index contributed by atoms with van der Waals surface area (Å²) in [5.74, 6) is 0.945. The van der Waals surface area contributed by atoms with Crippen molar-refractivity contribution in [1.29, 1.82) is 0 Å². The largest absolute Gasteiger partial charge is 0.493 e. The van der Waals surface area contributed by atoms with Crippen molar-refractivity contribution in [2.75, 3.05) is 26.1 Å². The van der Waals surface area contributed by atoms with Gasteiger partial charge in [0.05, 0.1) is 14.2 Å². The molecule has 0 saturated carbocycles. The summed E-state index contributed by atoms with van der Waals surface area (Å²) in [6.45, 7) is 12.0. The third-order valence-corrected chi connectivity index (χ3v) is 6.36. The van der Waals surface area contributed by atoms with Crippen LogP contribution in [0.1, 0.15) is 77.7 Å². The molecule has 0 bridgehead atoms. The summed E-state index contributed by atoms with van der Waals surface area (Å²) in [5.41, 5.74) is 0.0139. The number of methoxy groups -OCH3 is 2. The number of carbonyl (C=O) groups excluding carboxylic acids is 3. The Kier molecular flexibility index (Phi) is 11.2. The molecule has 1 aromatic carbocycles. The number of aryl methyl sites for hydroxylation is 1. The number of nitrogens with one attached hydrogen (secondary N) is 2. The fourth-order valence-electron chi connectivity index (χ4n) is 3.86. The quantitative estimate of drug-likeness (QED) is 0.365. The van der Waals surface area contributed by atoms with Gasteiger partial charge in [0.2, 0.25) is 17.7 Å². The number of amides is 3. The van der Waals surface area contributed by atoms with Crippen LogP contribution < -0.4 is 20.1 Å². The summed E-state index contributed by atoms with van der Waals surface area (Å²) in [5, 5.41) is 9.48. The fourth-order valence-corrected chi connectivity index (χ4v) is 3.86. The fraction of sp³-hybridized carbons (Fsp3) is 0.571. The molecule has 1 heterocycles. The van der Waals surface area contributed by atoms with E-state index in [9.17, 15) is 14.4 Å². The molecule has 2 rings (SSSR count). The van der Waals surface area contributed by atoms with E-state index in [0.29, 0.717) is 42.2 Å². The van der Waals surface area contributed by atoms with Gasteiger partial charge in [0, 0.05) is 36.6 Å². The minimum atomic E-state index is -0.988. The second-order valence-corrected chi connectivity index (χ2v) is 10.4. The van der Waals surface area contributed by atoms with E-state index < -0.39 is 11.6 Å². The molecule has 10 heteroatoms. The molecule has 0 aliphatic rings. The maximum Gasteiger partial charge on any atom is 0.248 e. The van der Waals surface area contributed by atoms with Crippen molar-refractivity contribution in [3.63, 3.8) is 0 Å². The lowest BCUT2D eigenvalue weighted by Gasteiger charge is -2.35. The summed E-state index contributed by atoms with van der Waals surface area (Å²) in [6.07, 6.45) is 1.20. The molecule has 2 aromatic rings. The van der Waals surface area contributed by atoms with E-state index in [-0.39, 0.29) is 42.3 Å². The Labute approximate surface area is 225 Å². The van der Waals surface area contributed by atoms with E-state index in [1.54, 1.807) is 36.1 Å². The summed E-state index contributed by atoms with van der Waals surface area (Å²) in [6, 6.07) is 5.88. The van der Waals surface area contributed by atoms with Crippen molar-refractivity contribution in [2.24, 2.45) is 5.92 Å². The number of anilines is 1. The van der Waals surface area contributed by atoms with Crippen molar-refractivity contribution < 1.29 is 28.4 Å². The Balaban J connectivity index is 2.44. The number of aromatic nitrogens is 1. The van der Waals surface area contributed by atoms with Crippen LogP contribution in [0.5, 0.6) is 11.5 Å². The molecule has 38 heavy (non-hydrogen) atoms. The van der Waals surface area contributed by atoms with Gasteiger partial charge in [0.1, 0.15) is 11.8 Å². The standard InChI is InChI=1S/C28H42N4O6/c1-9-28(5,6)30-27(35)25(20-11-10-12-21(36-7)26(20)37-8)32(16-15-18(2)3)24(34)14-13-23(33)29-22-17-19(4)38-31-22/h10-12,17-18,25H,9,13-16H2,1-8H3,(H,30,35)(H,29,31,33)/t25-/m0/s1. The first kappa shape index (κ1) is 30.7. The van der Waals surface area contributed by atoms with E-state index in [0.717, 1.165) is 0 Å². The minimum absolute atomic E-state index is 0.0764. The Morgan fingerprint density at radius 2 is 1.84 bits per heavy atom. The predicted molar refractivity (Wildman–Crippen MR) is 145 cm³/mol. The summed E-state index contributed by atoms with van der Waals surface area (Å²) in [4.78, 5) is 41.6. The maximum absolute atomic E-state index is 13.9. The molecule has 0 unspecified atom stereocenters. The molecule has 10 nitrogen and oxygen atoms in total. The summed E-state index contributed by atoms with van der Waals surface area (Å²) in [7, 11) is 3.02. The highest BCUT2D eigenvalue weighted by Gasteiger charge is 2.36. The van der Waals surface area contributed by atoms with Crippen LogP contribution >= 0.6 is 0 Å². The number of nitrogens with zero attached hydrogens (tertiary/aromatic N) is 2. The predicted octanol–water partition coefficient (Wildman–Crippen LogP) is 4.64. The van der Waals surface area contributed by atoms with Gasteiger partial charge < -0.3 is 29.5 Å². The van der Waals surface area contributed by atoms with Crippen LogP contribution in [0, 0.1) is 12.8 Å². The van der Waals surface area contributed by atoms with Crippen LogP contribution in [0.2, 0.25) is 0 Å². The Morgan fingerprint density at radius 1 is 1.13 bits per heavy atom. The highest BCUT2D eigenvalue weighted by atomic mass is 16.5. The zero-order chi connectivity index (χ0) is 28.5. The Bertz CT molecular complexity index is 1090. The first-order chi connectivity index (χ1) is 17.9. The number of rotatable bonds is 14. The normalized spacial score (nSPS) is 12.1. The molecule has 0 aliphatic heterocycles. The van der Waals surface area contributed by atoms with Gasteiger partial charge in [0.15, 0.2) is 17.3 Å². The second kappa shape index (κ2) is 13.8. The lowest BCUT2D eigenvalue weighted by Crippen LogP contribution is -2.50. The van der Waals surface area contributed by atoms with Crippen molar-refractivity contribution >= 4 is 23.5 Å². The van der Waals surface area contributed by atoms with Crippen molar-refractivity contribution in [2.45, 2.75) is 78.8 Å². The molecule has 0 aliphatic carbocycles. The third kappa shape index (κ3) is 8.49. The minimum Gasteiger partial charge on any atom is -0.493 e. The number of hydrogen-bond donors (Lipinski definition) is 2. The maximum atomic E-state index is 13.9. The van der Waals surface area contributed by atoms with Gasteiger partial charge in [-0.25, -0.2) is 0 Å². The van der Waals surface area contributed by atoms with Crippen molar-refractivity contribution in [3.8, 4) is 11.5 Å². The molecule has 0 radical (unpaired) electrons. The molecule has 1 aromatic heterocycles. The summed E-state index contributed by atoms with van der Waals surface area (Å²) < 4.78 is 16.1. The van der Waals surface area contributed by atoms with Gasteiger partial charge >= 0.3 is 0 Å². The first-order valence-electron chi connectivity index (χ1n) is 13.0. The molecule has 2 N–H and O–H groups in total. The highest BCUT2D eigenvalue weighted by Crippen LogP contribution is 2.38. The molecule has 1 atom stereocenters. The van der Waals surface area contributed by atoms with Crippen LogP contribution in [0.25, 0.3) is 0 Å². The van der Waals surface area contributed by atoms with E-state index >= 15 is 0 Å². The lowest BCUT2D eigenvalue weighted by atomic mass is 9.97. The Hall–Kier alpha value is -3.56. The van der Waals surface area contributed by atoms with E-state index in [4.69, 9.17) is 14.0 Å². The molecule has 0 fully saturated rings. The van der Waals surface area contributed by atoms with Gasteiger partial charge in [-0.05, 0) is 45.6 Å². The first-order valence-corrected chi connectivity index (χ1v) is 13.0. The number of hydrogen-bond acceptors (Lipinski definition) is 7.